The van der Waals surface area contributed by atoms with Gasteiger partial charge in [-0.3, -0.25) is 9.47 Å². The number of nitrogens with two attached hydrogens (primary N) is 1. The van der Waals surface area contributed by atoms with Crippen LogP contribution in [0.4, 0.5) is 19.0 Å². The quantitative estimate of drug-likeness (QED) is 0.881. The zero-order valence-corrected chi connectivity index (χ0v) is 14.4. The smallest absolute Gasteiger partial charge is 0.351 e. The topological polar surface area (TPSA) is 73.4 Å². The Labute approximate surface area is 153 Å². The Bertz CT molecular complexity index is 918. The first-order valence-corrected chi connectivity index (χ1v) is 8.69. The molecule has 9 heteroatoms. The van der Waals surface area contributed by atoms with Gasteiger partial charge < -0.3 is 10.5 Å². The minimum Gasteiger partial charge on any atom is -0.383 e. The van der Waals surface area contributed by atoms with Gasteiger partial charge in [-0.2, -0.15) is 4.98 Å². The first kappa shape index (κ1) is 18.0. The molecular weight excluding hydrogens is 361 g/mol. The first-order chi connectivity index (χ1) is 12.8. The molecule has 1 fully saturated rings. The van der Waals surface area contributed by atoms with Gasteiger partial charge in [0.15, 0.2) is 0 Å². The lowest BCUT2D eigenvalue weighted by molar-refractivity contribution is -0.119. The molecule has 1 aromatic carbocycles. The molecule has 2 aliphatic rings. The third-order valence-corrected chi connectivity index (χ3v) is 5.01. The van der Waals surface area contributed by atoms with Crippen molar-refractivity contribution in [3.63, 3.8) is 0 Å². The molecule has 0 radical (unpaired) electrons. The first-order valence-electron chi connectivity index (χ1n) is 8.69. The molecule has 0 saturated carbocycles. The second-order valence-corrected chi connectivity index (χ2v) is 7.02. The van der Waals surface area contributed by atoms with Crippen molar-refractivity contribution in [2.75, 3.05) is 18.8 Å². The molecule has 27 heavy (non-hydrogen) atoms. The number of anilines is 1. The Balaban J connectivity index is 1.48. The Kier molecular flexibility index (Phi) is 4.43. The van der Waals surface area contributed by atoms with Crippen LogP contribution in [0.1, 0.15) is 23.8 Å². The summed E-state index contributed by atoms with van der Waals surface area (Å²) in [6.45, 7) is 1.43. The van der Waals surface area contributed by atoms with Crippen molar-refractivity contribution in [3.8, 4) is 0 Å². The number of rotatable bonds is 3. The highest BCUT2D eigenvalue weighted by molar-refractivity contribution is 5.30. The molecule has 0 amide bonds. The summed E-state index contributed by atoms with van der Waals surface area (Å²) in [6.07, 6.45) is -1.06. The van der Waals surface area contributed by atoms with Crippen LogP contribution < -0.4 is 11.4 Å². The standard InChI is InChI=1S/C18H19F3N4O2/c19-13-2-1-11-3-5-24(9-12(11)7-13)10-14-8-18(20,21)16(27-14)25-6-4-15(22)23-17(25)26/h1-2,4,6-7,14,16H,3,5,8-10H2,(H2,22,23,26)/t14-,16+/m0/s1. The van der Waals surface area contributed by atoms with E-state index in [2.05, 4.69) is 4.98 Å². The summed E-state index contributed by atoms with van der Waals surface area (Å²) >= 11 is 0. The molecule has 2 atom stereocenters. The lowest BCUT2D eigenvalue weighted by atomic mass is 9.99. The van der Waals surface area contributed by atoms with E-state index in [1.807, 2.05) is 4.90 Å². The molecule has 6 nitrogen and oxygen atoms in total. The molecule has 0 spiro atoms. The van der Waals surface area contributed by atoms with Crippen LogP contribution in [0.25, 0.3) is 0 Å². The number of fused-ring (bicyclic) bond motifs is 1. The zero-order chi connectivity index (χ0) is 19.2. The normalized spacial score (nSPS) is 24.7. The minimum atomic E-state index is -3.20. The van der Waals surface area contributed by atoms with Crippen LogP contribution in [0.2, 0.25) is 0 Å². The summed E-state index contributed by atoms with van der Waals surface area (Å²) in [5.74, 6) is -3.55. The van der Waals surface area contributed by atoms with Crippen LogP contribution in [0.15, 0.2) is 35.3 Å². The highest BCUT2D eigenvalue weighted by atomic mass is 19.3. The van der Waals surface area contributed by atoms with E-state index in [1.54, 1.807) is 6.07 Å². The van der Waals surface area contributed by atoms with Crippen molar-refractivity contribution >= 4 is 5.82 Å². The van der Waals surface area contributed by atoms with Gasteiger partial charge in [-0.05, 0) is 35.7 Å². The summed E-state index contributed by atoms with van der Waals surface area (Å²) in [7, 11) is 0. The van der Waals surface area contributed by atoms with Gasteiger partial charge in [0, 0.05) is 32.3 Å². The van der Waals surface area contributed by atoms with E-state index in [0.717, 1.165) is 22.1 Å². The van der Waals surface area contributed by atoms with Gasteiger partial charge in [0.1, 0.15) is 11.6 Å². The van der Waals surface area contributed by atoms with E-state index >= 15 is 0 Å². The monoisotopic (exact) mass is 380 g/mol. The van der Waals surface area contributed by atoms with Gasteiger partial charge in [0.25, 0.3) is 5.92 Å². The van der Waals surface area contributed by atoms with Crippen molar-refractivity contribution in [2.24, 2.45) is 0 Å². The molecule has 2 aliphatic heterocycles. The largest absolute Gasteiger partial charge is 0.383 e. The number of halogens is 3. The summed E-state index contributed by atoms with van der Waals surface area (Å²) in [5.41, 5.74) is 6.47. The summed E-state index contributed by atoms with van der Waals surface area (Å²) in [6, 6.07) is 5.95. The van der Waals surface area contributed by atoms with Gasteiger partial charge in [-0.25, -0.2) is 18.0 Å². The Hall–Kier alpha value is -2.39. The van der Waals surface area contributed by atoms with Crippen LogP contribution in [0.3, 0.4) is 0 Å². The Morgan fingerprint density at radius 3 is 2.89 bits per heavy atom. The molecule has 0 unspecified atom stereocenters. The van der Waals surface area contributed by atoms with E-state index in [1.165, 1.54) is 24.4 Å². The second kappa shape index (κ2) is 6.65. The van der Waals surface area contributed by atoms with E-state index in [4.69, 9.17) is 10.5 Å². The maximum Gasteiger partial charge on any atom is 0.351 e. The number of benzene rings is 1. The fourth-order valence-corrected chi connectivity index (χ4v) is 3.74. The van der Waals surface area contributed by atoms with E-state index in [9.17, 15) is 18.0 Å². The molecule has 0 bridgehead atoms. The summed E-state index contributed by atoms with van der Waals surface area (Å²) in [5, 5.41) is 0. The summed E-state index contributed by atoms with van der Waals surface area (Å²) < 4.78 is 48.7. The van der Waals surface area contributed by atoms with Crippen molar-refractivity contribution in [3.05, 3.63) is 57.9 Å². The van der Waals surface area contributed by atoms with Gasteiger partial charge in [-0.15, -0.1) is 0 Å². The van der Waals surface area contributed by atoms with Crippen molar-refractivity contribution in [2.45, 2.75) is 37.6 Å². The van der Waals surface area contributed by atoms with E-state index in [0.29, 0.717) is 13.1 Å². The van der Waals surface area contributed by atoms with Crippen LogP contribution in [-0.2, 0) is 17.7 Å². The Morgan fingerprint density at radius 1 is 1.30 bits per heavy atom. The molecule has 1 aromatic heterocycles. The highest BCUT2D eigenvalue weighted by Gasteiger charge is 2.52. The fourth-order valence-electron chi connectivity index (χ4n) is 3.74. The van der Waals surface area contributed by atoms with Gasteiger partial charge >= 0.3 is 5.69 Å². The van der Waals surface area contributed by atoms with Crippen molar-refractivity contribution in [1.82, 2.24) is 14.5 Å². The number of nitrogens with zero attached hydrogens (tertiary/aromatic N) is 3. The van der Waals surface area contributed by atoms with Crippen LogP contribution in [-0.4, -0.2) is 39.6 Å². The van der Waals surface area contributed by atoms with E-state index in [-0.39, 0.29) is 18.2 Å². The molecular formula is C18H19F3N4O2. The van der Waals surface area contributed by atoms with Crippen molar-refractivity contribution in [1.29, 1.82) is 0 Å². The van der Waals surface area contributed by atoms with E-state index < -0.39 is 30.4 Å². The fraction of sp³-hybridized carbons (Fsp3) is 0.444. The maximum atomic E-state index is 14.5. The average Bonchev–Trinajstić information content (AvgIpc) is 2.88. The van der Waals surface area contributed by atoms with Crippen LogP contribution in [0.5, 0.6) is 0 Å². The predicted molar refractivity (Wildman–Crippen MR) is 91.8 cm³/mol. The van der Waals surface area contributed by atoms with Crippen LogP contribution in [0, 0.1) is 5.82 Å². The highest BCUT2D eigenvalue weighted by Crippen LogP contribution is 2.42. The number of ether oxygens (including phenoxy) is 1. The third-order valence-electron chi connectivity index (χ3n) is 5.01. The SMILES string of the molecule is Nc1ccn([C@@H]2O[C@H](CN3CCc4ccc(F)cc4C3)CC2(F)F)c(=O)n1. The van der Waals surface area contributed by atoms with Gasteiger partial charge in [0.2, 0.25) is 6.23 Å². The maximum absolute atomic E-state index is 14.5. The lowest BCUT2D eigenvalue weighted by Gasteiger charge is -2.30. The molecule has 3 heterocycles. The molecule has 144 valence electrons. The van der Waals surface area contributed by atoms with Gasteiger partial charge in [0.05, 0.1) is 6.10 Å². The number of nitrogen functional groups attached to an aromatic ring is 1. The number of hydrogen-bond donors (Lipinski definition) is 1. The molecule has 0 aliphatic carbocycles. The van der Waals surface area contributed by atoms with Gasteiger partial charge in [-0.1, -0.05) is 6.07 Å². The molecule has 1 saturated heterocycles. The molecule has 2 N–H and O–H groups in total. The molecule has 2 aromatic rings. The lowest BCUT2D eigenvalue weighted by Crippen LogP contribution is -2.37. The molecule has 4 rings (SSSR count). The van der Waals surface area contributed by atoms with Crippen molar-refractivity contribution < 1.29 is 17.9 Å². The number of alkyl halides is 2. The van der Waals surface area contributed by atoms with Crippen LogP contribution >= 0.6 is 0 Å². The minimum absolute atomic E-state index is 0.0340. The number of hydrogen-bond acceptors (Lipinski definition) is 5. The predicted octanol–water partition coefficient (Wildman–Crippen LogP) is 1.95. The third kappa shape index (κ3) is 3.57. The summed E-state index contributed by atoms with van der Waals surface area (Å²) in [4.78, 5) is 17.3. The number of aromatic nitrogens is 2. The zero-order valence-electron chi connectivity index (χ0n) is 14.4. The Morgan fingerprint density at radius 2 is 2.11 bits per heavy atom. The second-order valence-electron chi connectivity index (χ2n) is 7.02. The average molecular weight is 380 g/mol.